The van der Waals surface area contributed by atoms with E-state index >= 15 is 0 Å². The van der Waals surface area contributed by atoms with Gasteiger partial charge in [0.1, 0.15) is 5.54 Å². The molecule has 0 bridgehead atoms. The van der Waals surface area contributed by atoms with E-state index in [1.807, 2.05) is 4.90 Å². The number of carbonyl (C=O) groups excluding carboxylic acids is 1. The van der Waals surface area contributed by atoms with Gasteiger partial charge in [-0.2, -0.15) is 0 Å². The summed E-state index contributed by atoms with van der Waals surface area (Å²) in [4.78, 5) is 30.2. The molecule has 118 valence electrons. The van der Waals surface area contributed by atoms with E-state index in [0.29, 0.717) is 19.0 Å². The van der Waals surface area contributed by atoms with Gasteiger partial charge < -0.3 is 14.9 Å². The molecule has 2 atom stereocenters. The van der Waals surface area contributed by atoms with Gasteiger partial charge in [-0.25, -0.2) is 9.59 Å². The van der Waals surface area contributed by atoms with Crippen LogP contribution in [0.3, 0.4) is 0 Å². The molecule has 0 spiro atoms. The summed E-state index contributed by atoms with van der Waals surface area (Å²) in [6, 6.07) is 0.387. The molecule has 3 heterocycles. The zero-order valence-electron chi connectivity index (χ0n) is 12.8. The van der Waals surface area contributed by atoms with Crippen LogP contribution in [0.1, 0.15) is 39.0 Å². The lowest BCUT2D eigenvalue weighted by Gasteiger charge is -2.46. The molecule has 3 aliphatic heterocycles. The van der Waals surface area contributed by atoms with Crippen molar-refractivity contribution in [2.24, 2.45) is 0 Å². The highest BCUT2D eigenvalue weighted by Crippen LogP contribution is 2.31. The molecule has 3 rings (SSSR count). The maximum Gasteiger partial charge on any atom is 0.329 e. The van der Waals surface area contributed by atoms with Gasteiger partial charge in [0, 0.05) is 32.2 Å². The lowest BCUT2D eigenvalue weighted by Crippen LogP contribution is -2.61. The van der Waals surface area contributed by atoms with Crippen molar-refractivity contribution in [3.05, 3.63) is 0 Å². The topological polar surface area (TPSA) is 64.1 Å². The van der Waals surface area contributed by atoms with Gasteiger partial charge in [0.25, 0.3) is 0 Å². The first-order valence-corrected chi connectivity index (χ1v) is 8.06. The first kappa shape index (κ1) is 14.6. The molecule has 2 amide bonds. The molecule has 0 radical (unpaired) electrons. The van der Waals surface area contributed by atoms with Crippen molar-refractivity contribution >= 4 is 12.0 Å². The van der Waals surface area contributed by atoms with Gasteiger partial charge in [0.05, 0.1) is 0 Å². The van der Waals surface area contributed by atoms with Crippen molar-refractivity contribution in [2.45, 2.75) is 50.6 Å². The van der Waals surface area contributed by atoms with Crippen LogP contribution >= 0.6 is 0 Å². The Kier molecular flexibility index (Phi) is 3.82. The number of likely N-dealkylation sites (tertiary alicyclic amines) is 1. The van der Waals surface area contributed by atoms with Crippen molar-refractivity contribution in [3.63, 3.8) is 0 Å². The number of piperidine rings is 1. The Morgan fingerprint density at radius 3 is 2.67 bits per heavy atom. The molecule has 0 aromatic rings. The SMILES string of the molecule is CC1(C(=O)O)CCCN1C(=O)N1CCN2CCCCC2C1. The molecule has 3 saturated heterocycles. The largest absolute Gasteiger partial charge is 0.480 e. The molecule has 0 aromatic carbocycles. The minimum absolute atomic E-state index is 0.0809. The van der Waals surface area contributed by atoms with E-state index < -0.39 is 11.5 Å². The predicted molar refractivity (Wildman–Crippen MR) is 78.2 cm³/mol. The maximum atomic E-state index is 12.8. The highest BCUT2D eigenvalue weighted by molar-refractivity contribution is 5.86. The Morgan fingerprint density at radius 2 is 1.90 bits per heavy atom. The number of hydrogen-bond acceptors (Lipinski definition) is 3. The molecule has 1 N–H and O–H groups in total. The zero-order valence-corrected chi connectivity index (χ0v) is 12.8. The molecule has 0 aliphatic carbocycles. The van der Waals surface area contributed by atoms with Gasteiger partial charge in [-0.3, -0.25) is 4.90 Å². The van der Waals surface area contributed by atoms with E-state index in [0.717, 1.165) is 39.0 Å². The van der Waals surface area contributed by atoms with Crippen molar-refractivity contribution < 1.29 is 14.7 Å². The lowest BCUT2D eigenvalue weighted by atomic mass is 9.98. The van der Waals surface area contributed by atoms with E-state index in [1.54, 1.807) is 11.8 Å². The average Bonchev–Trinajstić information content (AvgIpc) is 2.89. The van der Waals surface area contributed by atoms with Crippen LogP contribution in [0.15, 0.2) is 0 Å². The van der Waals surface area contributed by atoms with E-state index in [4.69, 9.17) is 0 Å². The van der Waals surface area contributed by atoms with Crippen LogP contribution in [0.25, 0.3) is 0 Å². The van der Waals surface area contributed by atoms with Crippen LogP contribution in [0.2, 0.25) is 0 Å². The van der Waals surface area contributed by atoms with Gasteiger partial charge in [0.2, 0.25) is 0 Å². The number of aliphatic carboxylic acids is 1. The third-order valence-corrected chi connectivity index (χ3v) is 5.44. The molecule has 2 unspecified atom stereocenters. The van der Waals surface area contributed by atoms with Crippen molar-refractivity contribution in [1.82, 2.24) is 14.7 Å². The standard InChI is InChI=1S/C15H25N3O3/c1-15(13(19)20)6-4-8-18(15)14(21)17-10-9-16-7-3-2-5-12(16)11-17/h12H,2-11H2,1H3,(H,19,20). The summed E-state index contributed by atoms with van der Waals surface area (Å²) in [5, 5.41) is 9.46. The van der Waals surface area contributed by atoms with Crippen LogP contribution < -0.4 is 0 Å². The molecule has 21 heavy (non-hydrogen) atoms. The van der Waals surface area contributed by atoms with Crippen LogP contribution in [-0.4, -0.2) is 76.1 Å². The van der Waals surface area contributed by atoms with E-state index in [2.05, 4.69) is 4.90 Å². The number of carboxylic acid groups (broad SMARTS) is 1. The summed E-state index contributed by atoms with van der Waals surface area (Å²) in [5.74, 6) is -0.885. The first-order valence-electron chi connectivity index (χ1n) is 8.06. The number of fused-ring (bicyclic) bond motifs is 1. The van der Waals surface area contributed by atoms with E-state index in [-0.39, 0.29) is 6.03 Å². The number of carboxylic acids is 1. The Bertz CT molecular complexity index is 442. The summed E-state index contributed by atoms with van der Waals surface area (Å²) >= 11 is 0. The van der Waals surface area contributed by atoms with Crippen molar-refractivity contribution in [1.29, 1.82) is 0 Å². The average molecular weight is 295 g/mol. The molecule has 3 aliphatic rings. The number of rotatable bonds is 1. The number of nitrogens with zero attached hydrogens (tertiary/aromatic N) is 3. The van der Waals surface area contributed by atoms with Gasteiger partial charge in [-0.1, -0.05) is 6.42 Å². The van der Waals surface area contributed by atoms with Gasteiger partial charge in [-0.15, -0.1) is 0 Å². The Balaban J connectivity index is 1.69. The molecule has 3 fully saturated rings. The van der Waals surface area contributed by atoms with Gasteiger partial charge >= 0.3 is 12.0 Å². The monoisotopic (exact) mass is 295 g/mol. The Labute approximate surface area is 125 Å². The molecular weight excluding hydrogens is 270 g/mol. The quantitative estimate of drug-likeness (QED) is 0.790. The molecule has 6 nitrogen and oxygen atoms in total. The fourth-order valence-corrected chi connectivity index (χ4v) is 3.99. The summed E-state index contributed by atoms with van der Waals surface area (Å²) in [7, 11) is 0. The van der Waals surface area contributed by atoms with Crippen LogP contribution in [0.5, 0.6) is 0 Å². The van der Waals surface area contributed by atoms with Gasteiger partial charge in [0.15, 0.2) is 0 Å². The number of carbonyl (C=O) groups is 2. The third kappa shape index (κ3) is 2.50. The van der Waals surface area contributed by atoms with Crippen LogP contribution in [-0.2, 0) is 4.79 Å². The number of piperazine rings is 1. The molecular formula is C15H25N3O3. The van der Waals surface area contributed by atoms with E-state index in [9.17, 15) is 14.7 Å². The summed E-state index contributed by atoms with van der Waals surface area (Å²) in [6.45, 7) is 5.79. The minimum Gasteiger partial charge on any atom is -0.480 e. The summed E-state index contributed by atoms with van der Waals surface area (Å²) in [6.07, 6.45) is 4.97. The highest BCUT2D eigenvalue weighted by atomic mass is 16.4. The number of urea groups is 1. The fourth-order valence-electron chi connectivity index (χ4n) is 3.99. The Morgan fingerprint density at radius 1 is 1.10 bits per heavy atom. The highest BCUT2D eigenvalue weighted by Gasteiger charge is 2.47. The predicted octanol–water partition coefficient (Wildman–Crippen LogP) is 1.22. The summed E-state index contributed by atoms with van der Waals surface area (Å²) in [5.41, 5.74) is -1.03. The molecule has 6 heteroatoms. The van der Waals surface area contributed by atoms with Gasteiger partial charge in [-0.05, 0) is 39.2 Å². The maximum absolute atomic E-state index is 12.8. The number of hydrogen-bond donors (Lipinski definition) is 1. The zero-order chi connectivity index (χ0) is 15.0. The minimum atomic E-state index is -1.03. The molecule has 0 saturated carbocycles. The second kappa shape index (κ2) is 5.48. The van der Waals surface area contributed by atoms with Crippen molar-refractivity contribution in [2.75, 3.05) is 32.7 Å². The lowest BCUT2D eigenvalue weighted by molar-refractivity contribution is -0.147. The van der Waals surface area contributed by atoms with Crippen LogP contribution in [0.4, 0.5) is 4.79 Å². The van der Waals surface area contributed by atoms with Crippen LogP contribution in [0, 0.1) is 0 Å². The normalized spacial score (nSPS) is 33.9. The van der Waals surface area contributed by atoms with Crippen molar-refractivity contribution in [3.8, 4) is 0 Å². The van der Waals surface area contributed by atoms with E-state index in [1.165, 1.54) is 12.8 Å². The second-order valence-electron chi connectivity index (χ2n) is 6.75. The number of amides is 2. The summed E-state index contributed by atoms with van der Waals surface area (Å²) < 4.78 is 0. The second-order valence-corrected chi connectivity index (χ2v) is 6.75. The fraction of sp³-hybridized carbons (Fsp3) is 0.867. The third-order valence-electron chi connectivity index (χ3n) is 5.44. The smallest absolute Gasteiger partial charge is 0.329 e. The molecule has 0 aromatic heterocycles. The Hall–Kier alpha value is -1.30. The first-order chi connectivity index (χ1) is 10.0.